The molecule has 5 aliphatic rings. The number of aromatic nitrogens is 2. The molecule has 2 bridgehead atoms. The second kappa shape index (κ2) is 9.36. The van der Waals surface area contributed by atoms with Crippen LogP contribution in [0.1, 0.15) is 38.2 Å². The number of carbonyl (C=O) groups is 1. The average Bonchev–Trinajstić information content (AvgIpc) is 3.72. The lowest BCUT2D eigenvalue weighted by molar-refractivity contribution is -0.133. The van der Waals surface area contributed by atoms with Gasteiger partial charge in [-0.25, -0.2) is 13.8 Å². The van der Waals surface area contributed by atoms with Gasteiger partial charge in [0.15, 0.2) is 12.4 Å². The molecule has 1 amide bonds. The number of nitrogens with one attached hydrogen (secondary N) is 2. The average molecular weight is 572 g/mol. The van der Waals surface area contributed by atoms with Crippen LogP contribution in [-0.2, 0) is 9.53 Å². The summed E-state index contributed by atoms with van der Waals surface area (Å²) in [6.07, 6.45) is 4.82. The standard InChI is InChI=1S/C28H32ClF2N7O2/c1-3-37-12-17-7-9-21(26(37)39)38(17)27-32-11-19(29)25(35-27)33-16-6-8-20-18(10-16)23-22(13-36(20)2)40-14-28(30,31)24(34-23)15-4-5-15/h6,8,10-11,15,17,21,24,34H,3-5,7,9,12-14H2,1-2H3,(H,32,33,35)/t17-,21+,24-/m0/s1. The smallest absolute Gasteiger partial charge is 0.301 e. The number of amides is 1. The van der Waals surface area contributed by atoms with Crippen LogP contribution in [0.25, 0.3) is 5.70 Å². The second-order valence-electron chi connectivity index (χ2n) is 11.4. The van der Waals surface area contributed by atoms with Gasteiger partial charge in [-0.15, -0.1) is 0 Å². The van der Waals surface area contributed by atoms with E-state index in [1.165, 1.54) is 0 Å². The third kappa shape index (κ3) is 4.20. The second-order valence-corrected chi connectivity index (χ2v) is 11.8. The maximum absolute atomic E-state index is 15.0. The van der Waals surface area contributed by atoms with Crippen molar-refractivity contribution >= 4 is 46.3 Å². The van der Waals surface area contributed by atoms with E-state index in [0.29, 0.717) is 53.6 Å². The minimum Gasteiger partial charge on any atom is -0.487 e. The number of hydrogen-bond acceptors (Lipinski definition) is 8. The van der Waals surface area contributed by atoms with Gasteiger partial charge in [-0.05, 0) is 56.7 Å². The molecule has 2 saturated heterocycles. The van der Waals surface area contributed by atoms with Crippen LogP contribution in [0, 0.1) is 5.92 Å². The van der Waals surface area contributed by atoms with Crippen LogP contribution in [0.2, 0.25) is 5.02 Å². The van der Waals surface area contributed by atoms with Gasteiger partial charge in [0.2, 0.25) is 11.9 Å². The number of ether oxygens (including phenoxy) is 1. The molecule has 3 fully saturated rings. The summed E-state index contributed by atoms with van der Waals surface area (Å²) < 4.78 is 35.6. The van der Waals surface area contributed by atoms with Crippen molar-refractivity contribution in [2.24, 2.45) is 5.92 Å². The summed E-state index contributed by atoms with van der Waals surface area (Å²) >= 11 is 6.52. The maximum Gasteiger partial charge on any atom is 0.301 e. The normalized spacial score (nSPS) is 27.1. The van der Waals surface area contributed by atoms with E-state index in [0.717, 1.165) is 36.9 Å². The number of carbonyl (C=O) groups excluding carboxylic acids is 1. The molecule has 3 atom stereocenters. The van der Waals surface area contributed by atoms with Gasteiger partial charge in [0.05, 0.1) is 30.5 Å². The molecular formula is C28H32ClF2N7O2. The Hall–Kier alpha value is -3.34. The highest BCUT2D eigenvalue weighted by atomic mass is 35.5. The van der Waals surface area contributed by atoms with E-state index in [9.17, 15) is 13.6 Å². The molecule has 1 aliphatic carbocycles. The molecule has 7 rings (SSSR count). The molecule has 40 heavy (non-hydrogen) atoms. The summed E-state index contributed by atoms with van der Waals surface area (Å²) in [5.74, 6) is -1.50. The summed E-state index contributed by atoms with van der Waals surface area (Å²) in [6.45, 7) is 3.13. The topological polar surface area (TPSA) is 85.9 Å². The number of likely N-dealkylation sites (N-methyl/N-ethyl adjacent to an activating group) is 2. The Morgan fingerprint density at radius 2 is 2.08 bits per heavy atom. The van der Waals surface area contributed by atoms with Crippen LogP contribution < -0.4 is 20.4 Å². The van der Waals surface area contributed by atoms with Crippen LogP contribution >= 0.6 is 11.6 Å². The lowest BCUT2D eigenvalue weighted by atomic mass is 10.00. The van der Waals surface area contributed by atoms with Crippen molar-refractivity contribution in [1.29, 1.82) is 0 Å². The Kier molecular flexibility index (Phi) is 5.99. The molecule has 1 saturated carbocycles. The lowest BCUT2D eigenvalue weighted by Crippen LogP contribution is -2.57. The number of nitrogens with zero attached hydrogens (tertiary/aromatic N) is 5. The van der Waals surface area contributed by atoms with E-state index in [2.05, 4.69) is 15.6 Å². The molecule has 9 nitrogen and oxygen atoms in total. The zero-order valence-electron chi connectivity index (χ0n) is 22.5. The molecule has 2 N–H and O–H groups in total. The van der Waals surface area contributed by atoms with E-state index >= 15 is 0 Å². The van der Waals surface area contributed by atoms with E-state index in [1.807, 2.05) is 46.9 Å². The van der Waals surface area contributed by atoms with Crippen LogP contribution in [-0.4, -0.2) is 78.1 Å². The molecule has 1 aromatic carbocycles. The van der Waals surface area contributed by atoms with Crippen molar-refractivity contribution in [3.05, 3.63) is 40.7 Å². The van der Waals surface area contributed by atoms with Crippen LogP contribution in [0.15, 0.2) is 30.2 Å². The van der Waals surface area contributed by atoms with Crippen molar-refractivity contribution in [2.45, 2.75) is 56.7 Å². The van der Waals surface area contributed by atoms with E-state index < -0.39 is 18.6 Å². The Morgan fingerprint density at radius 3 is 2.85 bits per heavy atom. The predicted molar refractivity (Wildman–Crippen MR) is 149 cm³/mol. The first kappa shape index (κ1) is 25.6. The van der Waals surface area contributed by atoms with Gasteiger partial charge in [0.25, 0.3) is 0 Å². The maximum atomic E-state index is 15.0. The van der Waals surface area contributed by atoms with Crippen LogP contribution in [0.4, 0.5) is 31.9 Å². The summed E-state index contributed by atoms with van der Waals surface area (Å²) in [6, 6.07) is 4.72. The predicted octanol–water partition coefficient (Wildman–Crippen LogP) is 4.23. The monoisotopic (exact) mass is 571 g/mol. The van der Waals surface area contributed by atoms with Crippen molar-refractivity contribution in [3.63, 3.8) is 0 Å². The fourth-order valence-corrected chi connectivity index (χ4v) is 6.67. The fraction of sp³-hybridized carbons (Fsp3) is 0.536. The minimum absolute atomic E-state index is 0.0607. The molecule has 4 aliphatic heterocycles. The molecule has 2 aromatic rings. The molecular weight excluding hydrogens is 540 g/mol. The number of likely N-dealkylation sites (tertiary alicyclic amines) is 1. The van der Waals surface area contributed by atoms with E-state index in [4.69, 9.17) is 21.3 Å². The van der Waals surface area contributed by atoms with Crippen LogP contribution in [0.5, 0.6) is 0 Å². The number of hydrogen-bond donors (Lipinski definition) is 2. The van der Waals surface area contributed by atoms with E-state index in [1.54, 1.807) is 6.20 Å². The Morgan fingerprint density at radius 1 is 1.25 bits per heavy atom. The number of piperazine rings is 1. The largest absolute Gasteiger partial charge is 0.487 e. The number of fused-ring (bicyclic) bond motifs is 4. The number of benzene rings is 1. The van der Waals surface area contributed by atoms with Gasteiger partial charge in [0, 0.05) is 37.1 Å². The Labute approximate surface area is 236 Å². The Bertz CT molecular complexity index is 1400. The van der Waals surface area contributed by atoms with Crippen LogP contribution in [0.3, 0.4) is 0 Å². The first-order chi connectivity index (χ1) is 19.2. The SMILES string of the molecule is CCN1C[C@@H]2CC[C@H](C1=O)N2c1ncc(Cl)c(Nc2ccc3c(c2)C2=C(CN3C)OCC(F)(F)[C@H](C3CC3)N2)n1. The summed E-state index contributed by atoms with van der Waals surface area (Å²) in [5, 5.41) is 6.84. The molecule has 0 unspecified atom stereocenters. The minimum atomic E-state index is -2.96. The third-order valence-corrected chi connectivity index (χ3v) is 9.04. The molecule has 5 heterocycles. The quantitative estimate of drug-likeness (QED) is 0.552. The zero-order valence-corrected chi connectivity index (χ0v) is 23.2. The first-order valence-corrected chi connectivity index (χ1v) is 14.3. The first-order valence-electron chi connectivity index (χ1n) is 14.0. The van der Waals surface area contributed by atoms with Gasteiger partial charge in [-0.3, -0.25) is 4.79 Å². The van der Waals surface area contributed by atoms with E-state index in [-0.39, 0.29) is 23.9 Å². The van der Waals surface area contributed by atoms with Gasteiger partial charge in [-0.2, -0.15) is 4.98 Å². The summed E-state index contributed by atoms with van der Waals surface area (Å²) in [5.41, 5.74) is 3.01. The fourth-order valence-electron chi connectivity index (χ4n) is 6.53. The number of rotatable bonds is 5. The third-order valence-electron chi connectivity index (χ3n) is 8.76. The molecule has 0 spiro atoms. The molecule has 12 heteroatoms. The molecule has 0 radical (unpaired) electrons. The van der Waals surface area contributed by atoms with Crippen molar-refractivity contribution < 1.29 is 18.3 Å². The number of anilines is 4. The highest BCUT2D eigenvalue weighted by Crippen LogP contribution is 2.45. The Balaban J connectivity index is 1.19. The number of halogens is 3. The lowest BCUT2D eigenvalue weighted by Gasteiger charge is -2.40. The molecule has 212 valence electrons. The van der Waals surface area contributed by atoms with Crippen molar-refractivity contribution in [3.8, 4) is 0 Å². The summed E-state index contributed by atoms with van der Waals surface area (Å²) in [7, 11) is 1.92. The molecule has 1 aromatic heterocycles. The zero-order chi connectivity index (χ0) is 27.8. The van der Waals surface area contributed by atoms with Gasteiger partial charge in [-0.1, -0.05) is 11.6 Å². The highest BCUT2D eigenvalue weighted by Gasteiger charge is 2.51. The number of alkyl halides is 2. The van der Waals surface area contributed by atoms with Gasteiger partial charge >= 0.3 is 5.92 Å². The van der Waals surface area contributed by atoms with Gasteiger partial charge in [0.1, 0.15) is 16.8 Å². The van der Waals surface area contributed by atoms with Gasteiger partial charge < -0.3 is 30.1 Å². The summed E-state index contributed by atoms with van der Waals surface area (Å²) in [4.78, 5) is 28.1. The van der Waals surface area contributed by atoms with Crippen molar-refractivity contribution in [2.75, 3.05) is 48.4 Å². The van der Waals surface area contributed by atoms with Crippen molar-refractivity contribution in [1.82, 2.24) is 20.2 Å². The highest BCUT2D eigenvalue weighted by molar-refractivity contribution is 6.32.